The van der Waals surface area contributed by atoms with Crippen molar-refractivity contribution in [2.24, 2.45) is 0 Å². The first-order valence-corrected chi connectivity index (χ1v) is 4.94. The fraction of sp³-hybridized carbons (Fsp3) is 0.200. The van der Waals surface area contributed by atoms with Gasteiger partial charge in [0.1, 0.15) is 0 Å². The molecule has 0 fully saturated rings. The van der Waals surface area contributed by atoms with Gasteiger partial charge in [-0.25, -0.2) is 0 Å². The highest BCUT2D eigenvalue weighted by molar-refractivity contribution is 8.01. The van der Waals surface area contributed by atoms with Crippen LogP contribution in [0.5, 0.6) is 0 Å². The van der Waals surface area contributed by atoms with E-state index in [1.54, 1.807) is 11.8 Å². The van der Waals surface area contributed by atoms with Gasteiger partial charge in [0.05, 0.1) is 0 Å². The molecular formula is C10H12S. The van der Waals surface area contributed by atoms with Crippen LogP contribution in [0, 0.1) is 0 Å². The standard InChI is InChI=1S/C10H12S/c1-11-9-8-10-6-4-2-3-5-7-10/h2-6,8-9H,7H2,1H3/b9-8-. The maximum Gasteiger partial charge on any atom is -0.00941 e. The van der Waals surface area contributed by atoms with Crippen LogP contribution >= 0.6 is 11.8 Å². The number of hydrogen-bond acceptors (Lipinski definition) is 1. The van der Waals surface area contributed by atoms with Crippen LogP contribution in [-0.2, 0) is 0 Å². The average Bonchev–Trinajstić information content (AvgIpc) is 2.28. The van der Waals surface area contributed by atoms with Crippen molar-refractivity contribution in [2.45, 2.75) is 6.42 Å². The number of allylic oxidation sites excluding steroid dienone is 7. The van der Waals surface area contributed by atoms with Gasteiger partial charge in [0.2, 0.25) is 0 Å². The summed E-state index contributed by atoms with van der Waals surface area (Å²) in [5, 5.41) is 2.11. The second-order valence-corrected chi connectivity index (χ2v) is 3.04. The SMILES string of the molecule is CS/C=C\C1=CC=CC=CC1. The number of rotatable bonds is 2. The van der Waals surface area contributed by atoms with E-state index in [-0.39, 0.29) is 0 Å². The molecule has 0 atom stereocenters. The molecule has 0 spiro atoms. The summed E-state index contributed by atoms with van der Waals surface area (Å²) in [6, 6.07) is 0. The topological polar surface area (TPSA) is 0 Å². The van der Waals surface area contributed by atoms with Gasteiger partial charge in [-0.2, -0.15) is 0 Å². The van der Waals surface area contributed by atoms with Crippen molar-refractivity contribution >= 4 is 11.8 Å². The normalized spacial score (nSPS) is 17.0. The van der Waals surface area contributed by atoms with E-state index in [2.05, 4.69) is 48.1 Å². The molecule has 0 radical (unpaired) electrons. The van der Waals surface area contributed by atoms with E-state index in [9.17, 15) is 0 Å². The molecule has 0 aliphatic heterocycles. The third kappa shape index (κ3) is 3.28. The van der Waals surface area contributed by atoms with Crippen molar-refractivity contribution in [3.8, 4) is 0 Å². The summed E-state index contributed by atoms with van der Waals surface area (Å²) in [6.45, 7) is 0. The Hall–Kier alpha value is -0.690. The van der Waals surface area contributed by atoms with Gasteiger partial charge in [0.15, 0.2) is 0 Å². The first-order valence-electron chi connectivity index (χ1n) is 3.65. The number of hydrogen-bond donors (Lipinski definition) is 0. The van der Waals surface area contributed by atoms with Crippen molar-refractivity contribution in [3.05, 3.63) is 47.4 Å². The molecule has 1 aliphatic rings. The molecule has 1 aliphatic carbocycles. The lowest BCUT2D eigenvalue weighted by Crippen LogP contribution is -1.71. The van der Waals surface area contributed by atoms with E-state index in [4.69, 9.17) is 0 Å². The molecule has 0 heterocycles. The Labute approximate surface area is 72.4 Å². The second-order valence-electron chi connectivity index (χ2n) is 2.30. The summed E-state index contributed by atoms with van der Waals surface area (Å²) >= 11 is 1.73. The van der Waals surface area contributed by atoms with E-state index in [0.29, 0.717) is 0 Å². The van der Waals surface area contributed by atoms with Crippen molar-refractivity contribution in [1.29, 1.82) is 0 Å². The van der Waals surface area contributed by atoms with Crippen molar-refractivity contribution in [3.63, 3.8) is 0 Å². The molecule has 0 saturated heterocycles. The first-order chi connectivity index (χ1) is 5.43. The molecule has 11 heavy (non-hydrogen) atoms. The zero-order valence-corrected chi connectivity index (χ0v) is 7.47. The molecular weight excluding hydrogens is 152 g/mol. The van der Waals surface area contributed by atoms with Gasteiger partial charge in [-0.15, -0.1) is 11.8 Å². The van der Waals surface area contributed by atoms with E-state index in [1.807, 2.05) is 0 Å². The minimum Gasteiger partial charge on any atom is -0.138 e. The number of thioether (sulfide) groups is 1. The molecule has 0 N–H and O–H groups in total. The van der Waals surface area contributed by atoms with Crippen LogP contribution in [0.25, 0.3) is 0 Å². The van der Waals surface area contributed by atoms with Crippen LogP contribution in [0.2, 0.25) is 0 Å². The van der Waals surface area contributed by atoms with E-state index >= 15 is 0 Å². The van der Waals surface area contributed by atoms with Crippen molar-refractivity contribution < 1.29 is 0 Å². The Morgan fingerprint density at radius 2 is 2.27 bits per heavy atom. The van der Waals surface area contributed by atoms with Crippen LogP contribution in [0.3, 0.4) is 0 Å². The smallest absolute Gasteiger partial charge is 0.00941 e. The van der Waals surface area contributed by atoms with Gasteiger partial charge >= 0.3 is 0 Å². The van der Waals surface area contributed by atoms with Crippen LogP contribution in [0.4, 0.5) is 0 Å². The fourth-order valence-corrected chi connectivity index (χ4v) is 1.18. The monoisotopic (exact) mass is 164 g/mol. The summed E-state index contributed by atoms with van der Waals surface area (Å²) in [7, 11) is 0. The largest absolute Gasteiger partial charge is 0.138 e. The highest BCUT2D eigenvalue weighted by atomic mass is 32.2. The first kappa shape index (κ1) is 8.41. The molecule has 0 nitrogen and oxygen atoms in total. The summed E-state index contributed by atoms with van der Waals surface area (Å²) in [5.41, 5.74) is 1.37. The van der Waals surface area contributed by atoms with Crippen molar-refractivity contribution in [1.82, 2.24) is 0 Å². The molecule has 1 rings (SSSR count). The summed E-state index contributed by atoms with van der Waals surface area (Å²) in [6.07, 6.45) is 15.8. The quantitative estimate of drug-likeness (QED) is 0.603. The summed E-state index contributed by atoms with van der Waals surface area (Å²) < 4.78 is 0. The lowest BCUT2D eigenvalue weighted by atomic mass is 10.2. The Bertz CT molecular complexity index is 219. The summed E-state index contributed by atoms with van der Waals surface area (Å²) in [4.78, 5) is 0. The highest BCUT2D eigenvalue weighted by Crippen LogP contribution is 2.10. The molecule has 0 aromatic rings. The maximum absolute atomic E-state index is 2.17. The van der Waals surface area contributed by atoms with Crippen molar-refractivity contribution in [2.75, 3.05) is 6.26 Å². The third-order valence-corrected chi connectivity index (χ3v) is 1.85. The zero-order valence-electron chi connectivity index (χ0n) is 6.66. The van der Waals surface area contributed by atoms with Gasteiger partial charge in [-0.05, 0) is 23.7 Å². The molecule has 58 valence electrons. The minimum atomic E-state index is 1.05. The maximum atomic E-state index is 2.17. The highest BCUT2D eigenvalue weighted by Gasteiger charge is 1.88. The van der Waals surface area contributed by atoms with Crippen LogP contribution in [-0.4, -0.2) is 6.26 Å². The Morgan fingerprint density at radius 1 is 1.36 bits per heavy atom. The van der Waals surface area contributed by atoms with Gasteiger partial charge in [0.25, 0.3) is 0 Å². The Balaban J connectivity index is 2.57. The third-order valence-electron chi connectivity index (χ3n) is 1.44. The molecule has 0 amide bonds. The summed E-state index contributed by atoms with van der Waals surface area (Å²) in [5.74, 6) is 0. The molecule has 0 aromatic carbocycles. The van der Waals surface area contributed by atoms with Crippen LogP contribution in [0.15, 0.2) is 47.4 Å². The second kappa shape index (κ2) is 5.03. The predicted molar refractivity (Wildman–Crippen MR) is 53.6 cm³/mol. The fourth-order valence-electron chi connectivity index (χ4n) is 0.873. The van der Waals surface area contributed by atoms with Gasteiger partial charge in [0, 0.05) is 0 Å². The Kier molecular flexibility index (Phi) is 3.84. The average molecular weight is 164 g/mol. The lowest BCUT2D eigenvalue weighted by Gasteiger charge is -1.92. The van der Waals surface area contributed by atoms with Crippen LogP contribution < -0.4 is 0 Å². The molecule has 1 heteroatoms. The van der Waals surface area contributed by atoms with E-state index < -0.39 is 0 Å². The van der Waals surface area contributed by atoms with Gasteiger partial charge in [-0.1, -0.05) is 36.5 Å². The molecule has 0 aromatic heterocycles. The minimum absolute atomic E-state index is 1.05. The van der Waals surface area contributed by atoms with Gasteiger partial charge < -0.3 is 0 Å². The molecule has 0 unspecified atom stereocenters. The van der Waals surface area contributed by atoms with Gasteiger partial charge in [-0.3, -0.25) is 0 Å². The molecule has 0 saturated carbocycles. The lowest BCUT2D eigenvalue weighted by molar-refractivity contribution is 1.30. The zero-order chi connectivity index (χ0) is 7.94. The van der Waals surface area contributed by atoms with E-state index in [0.717, 1.165) is 6.42 Å². The molecule has 0 bridgehead atoms. The van der Waals surface area contributed by atoms with E-state index in [1.165, 1.54) is 5.57 Å². The predicted octanol–water partition coefficient (Wildman–Crippen LogP) is 3.31. The Morgan fingerprint density at radius 3 is 3.09 bits per heavy atom. The van der Waals surface area contributed by atoms with Crippen LogP contribution in [0.1, 0.15) is 6.42 Å².